The summed E-state index contributed by atoms with van der Waals surface area (Å²) in [5.41, 5.74) is 8.43. The van der Waals surface area contributed by atoms with E-state index in [1.807, 2.05) is 0 Å². The van der Waals surface area contributed by atoms with Gasteiger partial charge < -0.3 is 10.6 Å². The zero-order chi connectivity index (χ0) is 10.6. The molecule has 0 amide bonds. The van der Waals surface area contributed by atoms with Crippen LogP contribution in [0.1, 0.15) is 17.0 Å². The summed E-state index contributed by atoms with van der Waals surface area (Å²) in [5, 5.41) is 0. The summed E-state index contributed by atoms with van der Waals surface area (Å²) in [5.74, 6) is 0.449. The van der Waals surface area contributed by atoms with E-state index in [1.165, 1.54) is 11.1 Å². The SMILES string of the molecule is Cc1cccc(C(CN)CN(C)C)c1. The van der Waals surface area contributed by atoms with Crippen molar-refractivity contribution in [3.63, 3.8) is 0 Å². The van der Waals surface area contributed by atoms with Gasteiger partial charge in [-0.05, 0) is 26.6 Å². The lowest BCUT2D eigenvalue weighted by atomic mass is 9.97. The van der Waals surface area contributed by atoms with Crippen LogP contribution in [0.4, 0.5) is 0 Å². The molecule has 1 rings (SSSR count). The first-order valence-electron chi connectivity index (χ1n) is 5.05. The van der Waals surface area contributed by atoms with Crippen molar-refractivity contribution < 1.29 is 0 Å². The minimum absolute atomic E-state index is 0.449. The fourth-order valence-electron chi connectivity index (χ4n) is 1.68. The number of aryl methyl sites for hydroxylation is 1. The Morgan fingerprint density at radius 2 is 2.07 bits per heavy atom. The molecule has 1 unspecified atom stereocenters. The Morgan fingerprint density at radius 3 is 2.57 bits per heavy atom. The molecule has 14 heavy (non-hydrogen) atoms. The summed E-state index contributed by atoms with van der Waals surface area (Å²) in [6.45, 7) is 3.84. The van der Waals surface area contributed by atoms with E-state index in [2.05, 4.69) is 50.2 Å². The first-order valence-corrected chi connectivity index (χ1v) is 5.05. The predicted molar refractivity (Wildman–Crippen MR) is 61.5 cm³/mol. The van der Waals surface area contributed by atoms with Crippen LogP contribution in [0.15, 0.2) is 24.3 Å². The summed E-state index contributed by atoms with van der Waals surface area (Å²) < 4.78 is 0. The second kappa shape index (κ2) is 5.13. The average Bonchev–Trinajstić information content (AvgIpc) is 2.14. The third-order valence-electron chi connectivity index (χ3n) is 2.38. The third-order valence-corrected chi connectivity index (χ3v) is 2.38. The van der Waals surface area contributed by atoms with Gasteiger partial charge in [-0.25, -0.2) is 0 Å². The molecule has 0 aromatic heterocycles. The van der Waals surface area contributed by atoms with Gasteiger partial charge >= 0.3 is 0 Å². The molecule has 2 nitrogen and oxygen atoms in total. The topological polar surface area (TPSA) is 29.3 Å². The highest BCUT2D eigenvalue weighted by Gasteiger charge is 2.10. The smallest absolute Gasteiger partial charge is 0.00887 e. The van der Waals surface area contributed by atoms with Gasteiger partial charge in [0.25, 0.3) is 0 Å². The number of benzene rings is 1. The molecule has 2 N–H and O–H groups in total. The first kappa shape index (κ1) is 11.2. The minimum Gasteiger partial charge on any atom is -0.330 e. The van der Waals surface area contributed by atoms with E-state index in [-0.39, 0.29) is 0 Å². The van der Waals surface area contributed by atoms with Gasteiger partial charge in [-0.3, -0.25) is 0 Å². The van der Waals surface area contributed by atoms with E-state index < -0.39 is 0 Å². The Labute approximate surface area is 86.7 Å². The second-order valence-electron chi connectivity index (χ2n) is 4.11. The Balaban J connectivity index is 2.78. The summed E-state index contributed by atoms with van der Waals surface area (Å²) in [4.78, 5) is 2.18. The van der Waals surface area contributed by atoms with E-state index in [9.17, 15) is 0 Å². The number of likely N-dealkylation sites (N-methyl/N-ethyl adjacent to an activating group) is 1. The lowest BCUT2D eigenvalue weighted by molar-refractivity contribution is 0.375. The van der Waals surface area contributed by atoms with E-state index >= 15 is 0 Å². The zero-order valence-electron chi connectivity index (χ0n) is 9.33. The van der Waals surface area contributed by atoms with Crippen LogP contribution >= 0.6 is 0 Å². The molecule has 1 aromatic rings. The Hall–Kier alpha value is -0.860. The number of nitrogens with two attached hydrogens (primary N) is 1. The third kappa shape index (κ3) is 3.13. The maximum absolute atomic E-state index is 5.78. The van der Waals surface area contributed by atoms with Gasteiger partial charge in [0.2, 0.25) is 0 Å². The molecule has 78 valence electrons. The first-order chi connectivity index (χ1) is 6.63. The second-order valence-corrected chi connectivity index (χ2v) is 4.11. The molecule has 0 saturated carbocycles. The number of rotatable bonds is 4. The molecule has 1 aromatic carbocycles. The molecule has 2 heteroatoms. The molecule has 0 aliphatic rings. The van der Waals surface area contributed by atoms with Crippen LogP contribution in [0, 0.1) is 6.92 Å². The number of nitrogens with zero attached hydrogens (tertiary/aromatic N) is 1. The average molecular weight is 192 g/mol. The molecule has 0 saturated heterocycles. The molecule has 0 fully saturated rings. The highest BCUT2D eigenvalue weighted by molar-refractivity contribution is 5.26. The number of hydrogen-bond acceptors (Lipinski definition) is 2. The van der Waals surface area contributed by atoms with Gasteiger partial charge in [0, 0.05) is 19.0 Å². The Morgan fingerprint density at radius 1 is 1.36 bits per heavy atom. The van der Waals surface area contributed by atoms with Gasteiger partial charge in [-0.1, -0.05) is 29.8 Å². The van der Waals surface area contributed by atoms with Crippen LogP contribution in [0.3, 0.4) is 0 Å². The maximum atomic E-state index is 5.78. The van der Waals surface area contributed by atoms with Gasteiger partial charge in [0.1, 0.15) is 0 Å². The lowest BCUT2D eigenvalue weighted by Crippen LogP contribution is -2.25. The normalized spacial score (nSPS) is 13.2. The van der Waals surface area contributed by atoms with Crippen molar-refractivity contribution in [2.45, 2.75) is 12.8 Å². The van der Waals surface area contributed by atoms with Gasteiger partial charge in [-0.15, -0.1) is 0 Å². The standard InChI is InChI=1S/C12H20N2/c1-10-5-4-6-11(7-10)12(8-13)9-14(2)3/h4-7,12H,8-9,13H2,1-3H3. The lowest BCUT2D eigenvalue weighted by Gasteiger charge is -2.20. The van der Waals surface area contributed by atoms with Crippen LogP contribution in [-0.2, 0) is 0 Å². The quantitative estimate of drug-likeness (QED) is 0.785. The van der Waals surface area contributed by atoms with Gasteiger partial charge in [0.05, 0.1) is 0 Å². The van der Waals surface area contributed by atoms with Crippen LogP contribution < -0.4 is 5.73 Å². The summed E-state index contributed by atoms with van der Waals surface area (Å²) in [6, 6.07) is 8.60. The molecule has 0 bridgehead atoms. The Bertz CT molecular complexity index is 281. The molecule has 0 aliphatic heterocycles. The zero-order valence-corrected chi connectivity index (χ0v) is 9.33. The highest BCUT2D eigenvalue weighted by Crippen LogP contribution is 2.16. The predicted octanol–water partition coefficient (Wildman–Crippen LogP) is 1.60. The summed E-state index contributed by atoms with van der Waals surface area (Å²) >= 11 is 0. The van der Waals surface area contributed by atoms with Crippen LogP contribution in [0.5, 0.6) is 0 Å². The molecular weight excluding hydrogens is 172 g/mol. The molecule has 1 atom stereocenters. The van der Waals surface area contributed by atoms with Crippen molar-refractivity contribution in [2.24, 2.45) is 5.73 Å². The van der Waals surface area contributed by atoms with Crippen molar-refractivity contribution in [2.75, 3.05) is 27.2 Å². The molecule has 0 heterocycles. The van der Waals surface area contributed by atoms with E-state index in [4.69, 9.17) is 5.73 Å². The van der Waals surface area contributed by atoms with Crippen molar-refractivity contribution in [3.05, 3.63) is 35.4 Å². The van der Waals surface area contributed by atoms with Crippen LogP contribution in [0.2, 0.25) is 0 Å². The maximum Gasteiger partial charge on any atom is 0.00887 e. The molecular formula is C12H20N2. The molecule has 0 radical (unpaired) electrons. The van der Waals surface area contributed by atoms with E-state index in [0.717, 1.165) is 6.54 Å². The summed E-state index contributed by atoms with van der Waals surface area (Å²) in [6.07, 6.45) is 0. The Kier molecular flexibility index (Phi) is 4.11. The van der Waals surface area contributed by atoms with Gasteiger partial charge in [-0.2, -0.15) is 0 Å². The minimum atomic E-state index is 0.449. The van der Waals surface area contributed by atoms with Crippen LogP contribution in [-0.4, -0.2) is 32.1 Å². The van der Waals surface area contributed by atoms with E-state index in [1.54, 1.807) is 0 Å². The van der Waals surface area contributed by atoms with Crippen molar-refractivity contribution >= 4 is 0 Å². The van der Waals surface area contributed by atoms with E-state index in [0.29, 0.717) is 12.5 Å². The fraction of sp³-hybridized carbons (Fsp3) is 0.500. The molecule has 0 aliphatic carbocycles. The van der Waals surface area contributed by atoms with Crippen LogP contribution in [0.25, 0.3) is 0 Å². The largest absolute Gasteiger partial charge is 0.330 e. The number of hydrogen-bond donors (Lipinski definition) is 1. The summed E-state index contributed by atoms with van der Waals surface area (Å²) in [7, 11) is 4.16. The van der Waals surface area contributed by atoms with Gasteiger partial charge in [0.15, 0.2) is 0 Å². The molecule has 0 spiro atoms. The van der Waals surface area contributed by atoms with Crippen molar-refractivity contribution in [1.82, 2.24) is 4.90 Å². The van der Waals surface area contributed by atoms with Crippen molar-refractivity contribution in [3.8, 4) is 0 Å². The fourth-order valence-corrected chi connectivity index (χ4v) is 1.68. The van der Waals surface area contributed by atoms with Crippen molar-refractivity contribution in [1.29, 1.82) is 0 Å². The highest BCUT2D eigenvalue weighted by atomic mass is 15.1. The monoisotopic (exact) mass is 192 g/mol.